The first-order chi connectivity index (χ1) is 11.7. The summed E-state index contributed by atoms with van der Waals surface area (Å²) in [5.74, 6) is -1.18. The lowest BCUT2D eigenvalue weighted by Gasteiger charge is -2.09. The Morgan fingerprint density at radius 2 is 2.00 bits per heavy atom. The van der Waals surface area contributed by atoms with Crippen molar-refractivity contribution in [1.82, 2.24) is 19.7 Å². The van der Waals surface area contributed by atoms with Crippen LogP contribution in [-0.2, 0) is 24.6 Å². The SMILES string of the molecule is Cc1ccccc1OCC(=O)NCCn1nc(C(F)(F)F)n(C)c1=O. The van der Waals surface area contributed by atoms with E-state index < -0.39 is 23.6 Å². The number of nitrogens with zero attached hydrogens (tertiary/aromatic N) is 3. The zero-order chi connectivity index (χ0) is 18.6. The number of hydrogen-bond acceptors (Lipinski definition) is 4. The third-order valence-electron chi connectivity index (χ3n) is 3.39. The van der Waals surface area contributed by atoms with E-state index in [0.717, 1.165) is 12.6 Å². The summed E-state index contributed by atoms with van der Waals surface area (Å²) < 4.78 is 44.4. The molecule has 2 aromatic rings. The molecule has 0 bridgehead atoms. The minimum absolute atomic E-state index is 0.0514. The van der Waals surface area contributed by atoms with E-state index in [4.69, 9.17) is 4.74 Å². The Hall–Kier alpha value is -2.78. The summed E-state index contributed by atoms with van der Waals surface area (Å²) in [6, 6.07) is 7.15. The number of aryl methyl sites for hydroxylation is 1. The predicted molar refractivity (Wildman–Crippen MR) is 82.2 cm³/mol. The molecule has 0 fully saturated rings. The second-order valence-corrected chi connectivity index (χ2v) is 5.29. The second-order valence-electron chi connectivity index (χ2n) is 5.29. The van der Waals surface area contributed by atoms with Crippen LogP contribution in [0.15, 0.2) is 29.1 Å². The van der Waals surface area contributed by atoms with Crippen molar-refractivity contribution in [2.75, 3.05) is 13.2 Å². The molecule has 0 radical (unpaired) electrons. The number of carbonyl (C=O) groups is 1. The molecule has 25 heavy (non-hydrogen) atoms. The number of alkyl halides is 3. The van der Waals surface area contributed by atoms with E-state index in [9.17, 15) is 22.8 Å². The molecule has 1 N–H and O–H groups in total. The monoisotopic (exact) mass is 358 g/mol. The number of rotatable bonds is 6. The predicted octanol–water partition coefficient (Wildman–Crippen LogP) is 1.10. The number of para-hydroxylation sites is 1. The van der Waals surface area contributed by atoms with Crippen molar-refractivity contribution < 1.29 is 22.7 Å². The highest BCUT2D eigenvalue weighted by molar-refractivity contribution is 5.77. The Balaban J connectivity index is 1.86. The fourth-order valence-corrected chi connectivity index (χ4v) is 2.09. The topological polar surface area (TPSA) is 78.2 Å². The molecule has 0 saturated carbocycles. The van der Waals surface area contributed by atoms with Crippen LogP contribution in [0.25, 0.3) is 0 Å². The molecule has 136 valence electrons. The molecule has 1 amide bonds. The van der Waals surface area contributed by atoms with Crippen LogP contribution in [0.3, 0.4) is 0 Å². The van der Waals surface area contributed by atoms with Gasteiger partial charge < -0.3 is 10.1 Å². The molecule has 7 nitrogen and oxygen atoms in total. The molecule has 2 rings (SSSR count). The Bertz CT molecular complexity index is 811. The molecule has 1 heterocycles. The number of ether oxygens (including phenoxy) is 1. The Morgan fingerprint density at radius 1 is 1.32 bits per heavy atom. The summed E-state index contributed by atoms with van der Waals surface area (Å²) in [5, 5.41) is 5.70. The summed E-state index contributed by atoms with van der Waals surface area (Å²) in [6.45, 7) is 1.36. The van der Waals surface area contributed by atoms with Crippen LogP contribution in [0.5, 0.6) is 5.75 Å². The van der Waals surface area contributed by atoms with Crippen molar-refractivity contribution in [3.63, 3.8) is 0 Å². The average Bonchev–Trinajstić information content (AvgIpc) is 2.82. The molecule has 0 aliphatic heterocycles. The van der Waals surface area contributed by atoms with Crippen molar-refractivity contribution in [2.24, 2.45) is 7.05 Å². The summed E-state index contributed by atoms with van der Waals surface area (Å²) >= 11 is 0. The van der Waals surface area contributed by atoms with Crippen LogP contribution in [-0.4, -0.2) is 33.4 Å². The van der Waals surface area contributed by atoms with Crippen LogP contribution in [0, 0.1) is 6.92 Å². The number of aromatic nitrogens is 3. The zero-order valence-electron chi connectivity index (χ0n) is 13.6. The summed E-state index contributed by atoms with van der Waals surface area (Å²) in [4.78, 5) is 23.4. The van der Waals surface area contributed by atoms with Gasteiger partial charge in [-0.1, -0.05) is 18.2 Å². The molecular weight excluding hydrogens is 341 g/mol. The average molecular weight is 358 g/mol. The van der Waals surface area contributed by atoms with Gasteiger partial charge in [-0.25, -0.2) is 9.48 Å². The van der Waals surface area contributed by atoms with Gasteiger partial charge in [-0.15, -0.1) is 5.10 Å². The first-order valence-electron chi connectivity index (χ1n) is 7.36. The molecular formula is C15H17F3N4O3. The van der Waals surface area contributed by atoms with Crippen molar-refractivity contribution >= 4 is 5.91 Å². The van der Waals surface area contributed by atoms with Crippen LogP contribution in [0.2, 0.25) is 0 Å². The van der Waals surface area contributed by atoms with Crippen LogP contribution >= 0.6 is 0 Å². The maximum absolute atomic E-state index is 12.7. The quantitative estimate of drug-likeness (QED) is 0.839. The van der Waals surface area contributed by atoms with E-state index in [-0.39, 0.29) is 19.7 Å². The summed E-state index contributed by atoms with van der Waals surface area (Å²) in [5.41, 5.74) is -0.0345. The number of amides is 1. The maximum Gasteiger partial charge on any atom is 0.451 e. The number of halogens is 3. The van der Waals surface area contributed by atoms with Crippen molar-refractivity contribution in [3.8, 4) is 5.75 Å². The van der Waals surface area contributed by atoms with Crippen molar-refractivity contribution in [2.45, 2.75) is 19.6 Å². The lowest BCUT2D eigenvalue weighted by Crippen LogP contribution is -2.34. The van der Waals surface area contributed by atoms with E-state index in [1.807, 2.05) is 19.1 Å². The van der Waals surface area contributed by atoms with Gasteiger partial charge in [0, 0.05) is 13.6 Å². The van der Waals surface area contributed by atoms with Gasteiger partial charge in [0.2, 0.25) is 5.82 Å². The van der Waals surface area contributed by atoms with E-state index in [1.165, 1.54) is 0 Å². The highest BCUT2D eigenvalue weighted by atomic mass is 19.4. The molecule has 0 aliphatic carbocycles. The molecule has 0 unspecified atom stereocenters. The largest absolute Gasteiger partial charge is 0.484 e. The van der Waals surface area contributed by atoms with Crippen LogP contribution < -0.4 is 15.7 Å². The first kappa shape index (κ1) is 18.6. The van der Waals surface area contributed by atoms with E-state index in [2.05, 4.69) is 10.4 Å². The molecule has 10 heteroatoms. The Kier molecular flexibility index (Phi) is 5.50. The fourth-order valence-electron chi connectivity index (χ4n) is 2.09. The highest BCUT2D eigenvalue weighted by Gasteiger charge is 2.37. The molecule has 0 spiro atoms. The Labute approximate surface area is 141 Å². The molecule has 0 atom stereocenters. The molecule has 0 saturated heterocycles. The summed E-state index contributed by atoms with van der Waals surface area (Å²) in [6.07, 6.45) is -4.72. The van der Waals surface area contributed by atoms with E-state index >= 15 is 0 Å². The first-order valence-corrected chi connectivity index (χ1v) is 7.36. The molecule has 1 aromatic carbocycles. The highest BCUT2D eigenvalue weighted by Crippen LogP contribution is 2.25. The van der Waals surface area contributed by atoms with Crippen LogP contribution in [0.1, 0.15) is 11.4 Å². The lowest BCUT2D eigenvalue weighted by molar-refractivity contribution is -0.147. The van der Waals surface area contributed by atoms with Gasteiger partial charge in [-0.2, -0.15) is 13.2 Å². The minimum Gasteiger partial charge on any atom is -0.484 e. The number of benzene rings is 1. The van der Waals surface area contributed by atoms with Crippen LogP contribution in [0.4, 0.5) is 13.2 Å². The number of nitrogens with one attached hydrogen (secondary N) is 1. The van der Waals surface area contributed by atoms with Gasteiger partial charge >= 0.3 is 11.9 Å². The van der Waals surface area contributed by atoms with Gasteiger partial charge in [-0.3, -0.25) is 9.36 Å². The molecule has 0 aliphatic rings. The molecule has 1 aromatic heterocycles. The van der Waals surface area contributed by atoms with Crippen molar-refractivity contribution in [3.05, 3.63) is 46.1 Å². The number of carbonyl (C=O) groups excluding carboxylic acids is 1. The van der Waals surface area contributed by atoms with Gasteiger partial charge in [0.25, 0.3) is 5.91 Å². The van der Waals surface area contributed by atoms with Gasteiger partial charge in [0.1, 0.15) is 5.75 Å². The minimum atomic E-state index is -4.72. The standard InChI is InChI=1S/C15H17F3N4O3/c1-10-5-3-4-6-11(10)25-9-12(23)19-7-8-22-14(24)21(2)13(20-22)15(16,17)18/h3-6H,7-9H2,1-2H3,(H,19,23). The van der Waals surface area contributed by atoms with E-state index in [0.29, 0.717) is 15.0 Å². The van der Waals surface area contributed by atoms with E-state index in [1.54, 1.807) is 12.1 Å². The second kappa shape index (κ2) is 7.41. The summed E-state index contributed by atoms with van der Waals surface area (Å²) in [7, 11) is 0.989. The third-order valence-corrected chi connectivity index (χ3v) is 3.39. The van der Waals surface area contributed by atoms with Gasteiger partial charge in [-0.05, 0) is 18.6 Å². The smallest absolute Gasteiger partial charge is 0.451 e. The van der Waals surface area contributed by atoms with Gasteiger partial charge in [0.05, 0.1) is 6.54 Å². The number of hydrogen-bond donors (Lipinski definition) is 1. The maximum atomic E-state index is 12.7. The Morgan fingerprint density at radius 3 is 2.60 bits per heavy atom. The lowest BCUT2D eigenvalue weighted by atomic mass is 10.2. The zero-order valence-corrected chi connectivity index (χ0v) is 13.6. The van der Waals surface area contributed by atoms with Crippen molar-refractivity contribution in [1.29, 1.82) is 0 Å². The normalized spacial score (nSPS) is 11.4. The fraction of sp³-hybridized carbons (Fsp3) is 0.400. The third kappa shape index (κ3) is 4.61. The van der Waals surface area contributed by atoms with Gasteiger partial charge in [0.15, 0.2) is 6.61 Å².